The second-order valence-electron chi connectivity index (χ2n) is 6.43. The van der Waals surface area contributed by atoms with E-state index in [0.29, 0.717) is 41.1 Å². The Labute approximate surface area is 171 Å². The molecule has 2 aromatic carbocycles. The zero-order valence-electron chi connectivity index (χ0n) is 15.6. The van der Waals surface area contributed by atoms with Crippen molar-refractivity contribution in [1.29, 1.82) is 0 Å². The lowest BCUT2D eigenvalue weighted by molar-refractivity contribution is -0.136. The second-order valence-corrected chi connectivity index (χ2v) is 6.84. The average molecular weight is 412 g/mol. The molecule has 0 atom stereocenters. The smallest absolute Gasteiger partial charge is 0.303 e. The summed E-state index contributed by atoms with van der Waals surface area (Å²) in [5.41, 5.74) is 3.30. The molecule has 0 aliphatic rings. The molecule has 2 aromatic heterocycles. The highest BCUT2D eigenvalue weighted by Crippen LogP contribution is 2.33. The van der Waals surface area contributed by atoms with Crippen molar-refractivity contribution in [3.63, 3.8) is 0 Å². The summed E-state index contributed by atoms with van der Waals surface area (Å²) in [6.07, 6.45) is 2.32. The van der Waals surface area contributed by atoms with E-state index in [2.05, 4.69) is 15.1 Å². The molecule has 0 unspecified atom stereocenters. The molecule has 2 heterocycles. The van der Waals surface area contributed by atoms with Gasteiger partial charge in [-0.1, -0.05) is 28.9 Å². The lowest BCUT2D eigenvalue weighted by Crippen LogP contribution is -1.98. The number of aromatic amines is 1. The first kappa shape index (κ1) is 19.0. The number of carboxylic acids is 1. The van der Waals surface area contributed by atoms with Crippen LogP contribution in [0.4, 0.5) is 0 Å². The zero-order valence-corrected chi connectivity index (χ0v) is 16.4. The number of H-pyrrole nitrogens is 1. The number of aryl methyl sites for hydroxylation is 1. The van der Waals surface area contributed by atoms with Crippen molar-refractivity contribution in [3.8, 4) is 28.6 Å². The number of hydrogen-bond acceptors (Lipinski definition) is 5. The Hall–Kier alpha value is -3.32. The van der Waals surface area contributed by atoms with Gasteiger partial charge < -0.3 is 19.4 Å². The highest BCUT2D eigenvalue weighted by atomic mass is 35.5. The maximum absolute atomic E-state index is 10.9. The van der Waals surface area contributed by atoms with E-state index in [4.69, 9.17) is 26.0 Å². The number of nitrogens with zero attached hydrogens (tertiary/aromatic N) is 2. The van der Waals surface area contributed by atoms with Crippen LogP contribution in [0.5, 0.6) is 5.75 Å². The Morgan fingerprint density at radius 1 is 1.28 bits per heavy atom. The second kappa shape index (κ2) is 7.97. The van der Waals surface area contributed by atoms with Crippen LogP contribution in [0.1, 0.15) is 18.9 Å². The fraction of sp³-hybridized carbons (Fsp3) is 0.190. The van der Waals surface area contributed by atoms with Crippen molar-refractivity contribution in [3.05, 3.63) is 53.2 Å². The van der Waals surface area contributed by atoms with Crippen molar-refractivity contribution in [2.45, 2.75) is 19.8 Å². The number of aromatic nitrogens is 3. The Morgan fingerprint density at radius 3 is 2.90 bits per heavy atom. The number of carbonyl (C=O) groups is 1. The Bertz CT molecular complexity index is 1180. The van der Waals surface area contributed by atoms with Gasteiger partial charge >= 0.3 is 5.97 Å². The predicted molar refractivity (Wildman–Crippen MR) is 109 cm³/mol. The first-order valence-corrected chi connectivity index (χ1v) is 9.52. The topological polar surface area (TPSA) is 101 Å². The van der Waals surface area contributed by atoms with Gasteiger partial charge in [0.15, 0.2) is 0 Å². The van der Waals surface area contributed by atoms with E-state index in [-0.39, 0.29) is 6.42 Å². The maximum Gasteiger partial charge on any atom is 0.303 e. The average Bonchev–Trinajstić information content (AvgIpc) is 3.38. The fourth-order valence-corrected chi connectivity index (χ4v) is 3.45. The van der Waals surface area contributed by atoms with E-state index in [1.54, 1.807) is 12.1 Å². The first-order chi connectivity index (χ1) is 14.1. The summed E-state index contributed by atoms with van der Waals surface area (Å²) in [4.78, 5) is 18.6. The van der Waals surface area contributed by atoms with Crippen LogP contribution in [0.25, 0.3) is 33.7 Å². The van der Waals surface area contributed by atoms with Gasteiger partial charge in [0.1, 0.15) is 5.75 Å². The minimum absolute atomic E-state index is 0.0678. The summed E-state index contributed by atoms with van der Waals surface area (Å²) in [5.74, 6) is 0.567. The third-order valence-corrected chi connectivity index (χ3v) is 4.86. The highest BCUT2D eigenvalue weighted by molar-refractivity contribution is 6.32. The summed E-state index contributed by atoms with van der Waals surface area (Å²) in [6.45, 7) is 2.42. The minimum Gasteiger partial charge on any atom is -0.492 e. The van der Waals surface area contributed by atoms with Gasteiger partial charge in [-0.3, -0.25) is 4.79 Å². The lowest BCUT2D eigenvalue weighted by Gasteiger charge is -2.05. The van der Waals surface area contributed by atoms with Crippen LogP contribution in [0.15, 0.2) is 47.1 Å². The van der Waals surface area contributed by atoms with Crippen molar-refractivity contribution in [1.82, 2.24) is 15.1 Å². The molecule has 0 saturated heterocycles. The monoisotopic (exact) mass is 411 g/mol. The Balaban J connectivity index is 1.67. The van der Waals surface area contributed by atoms with Crippen LogP contribution in [0.2, 0.25) is 5.02 Å². The van der Waals surface area contributed by atoms with Crippen LogP contribution < -0.4 is 4.74 Å². The van der Waals surface area contributed by atoms with Gasteiger partial charge in [-0.2, -0.15) is 4.98 Å². The summed E-state index contributed by atoms with van der Waals surface area (Å²) < 4.78 is 10.9. The van der Waals surface area contributed by atoms with E-state index in [1.807, 2.05) is 37.4 Å². The van der Waals surface area contributed by atoms with Crippen LogP contribution in [0.3, 0.4) is 0 Å². The summed E-state index contributed by atoms with van der Waals surface area (Å²) in [6, 6.07) is 11.0. The van der Waals surface area contributed by atoms with Gasteiger partial charge in [0.05, 0.1) is 11.6 Å². The number of rotatable bonds is 7. The molecule has 0 saturated carbocycles. The van der Waals surface area contributed by atoms with Gasteiger partial charge in [0.25, 0.3) is 5.89 Å². The standard InChI is InChI=1S/C21H18ClN3O4/c1-2-28-17-7-4-13(11-16(17)22)21-24-20(25-29-21)15-6-3-12(5-8-18(26)27)19-14(15)9-10-23-19/h3-4,6-7,9-11,23H,2,5,8H2,1H3,(H,26,27). The molecular weight excluding hydrogens is 394 g/mol. The number of hydrogen-bond donors (Lipinski definition) is 2. The van der Waals surface area contributed by atoms with E-state index < -0.39 is 5.97 Å². The molecule has 0 fully saturated rings. The molecule has 148 valence electrons. The molecule has 0 aliphatic carbocycles. The number of fused-ring (bicyclic) bond motifs is 1. The third-order valence-electron chi connectivity index (χ3n) is 4.56. The summed E-state index contributed by atoms with van der Waals surface area (Å²) >= 11 is 6.25. The van der Waals surface area contributed by atoms with Crippen molar-refractivity contribution < 1.29 is 19.2 Å². The lowest BCUT2D eigenvalue weighted by atomic mass is 10.0. The van der Waals surface area contributed by atoms with Crippen LogP contribution in [-0.4, -0.2) is 32.8 Å². The number of carboxylic acid groups (broad SMARTS) is 1. The normalized spacial score (nSPS) is 11.1. The van der Waals surface area contributed by atoms with Gasteiger partial charge in [-0.25, -0.2) is 0 Å². The zero-order chi connectivity index (χ0) is 20.4. The number of nitrogens with one attached hydrogen (secondary N) is 1. The fourth-order valence-electron chi connectivity index (χ4n) is 3.22. The molecule has 2 N–H and O–H groups in total. The molecule has 0 amide bonds. The van der Waals surface area contributed by atoms with Crippen molar-refractivity contribution in [2.75, 3.05) is 6.61 Å². The Morgan fingerprint density at radius 2 is 2.14 bits per heavy atom. The van der Waals surface area contributed by atoms with E-state index in [9.17, 15) is 4.79 Å². The molecule has 29 heavy (non-hydrogen) atoms. The number of ether oxygens (including phenoxy) is 1. The molecule has 0 spiro atoms. The van der Waals surface area contributed by atoms with E-state index in [1.165, 1.54) is 0 Å². The minimum atomic E-state index is -0.828. The maximum atomic E-state index is 10.9. The SMILES string of the molecule is CCOc1ccc(-c2nc(-c3ccc(CCC(=O)O)c4[nH]ccc34)no2)cc1Cl. The molecule has 4 rings (SSSR count). The first-order valence-electron chi connectivity index (χ1n) is 9.14. The van der Waals surface area contributed by atoms with Crippen molar-refractivity contribution in [2.24, 2.45) is 0 Å². The predicted octanol–water partition coefficient (Wildman–Crippen LogP) is 4.95. The molecule has 0 aliphatic heterocycles. The quantitative estimate of drug-likeness (QED) is 0.446. The molecule has 0 bridgehead atoms. The highest BCUT2D eigenvalue weighted by Gasteiger charge is 2.16. The molecular formula is C21H18ClN3O4. The van der Waals surface area contributed by atoms with Gasteiger partial charge in [0, 0.05) is 34.6 Å². The van der Waals surface area contributed by atoms with E-state index >= 15 is 0 Å². The number of aliphatic carboxylic acids is 1. The molecule has 4 aromatic rings. The third kappa shape index (κ3) is 3.82. The van der Waals surface area contributed by atoms with Gasteiger partial charge in [0.2, 0.25) is 5.82 Å². The number of halogens is 1. The largest absolute Gasteiger partial charge is 0.492 e. The van der Waals surface area contributed by atoms with Crippen LogP contribution in [-0.2, 0) is 11.2 Å². The summed E-state index contributed by atoms with van der Waals surface area (Å²) in [7, 11) is 0. The molecule has 8 heteroatoms. The van der Waals surface area contributed by atoms with Crippen LogP contribution >= 0.6 is 11.6 Å². The molecule has 7 nitrogen and oxygen atoms in total. The van der Waals surface area contributed by atoms with Gasteiger partial charge in [-0.15, -0.1) is 0 Å². The van der Waals surface area contributed by atoms with Crippen molar-refractivity contribution >= 4 is 28.5 Å². The molecule has 0 radical (unpaired) electrons. The number of benzene rings is 2. The Kier molecular flexibility index (Phi) is 5.22. The summed E-state index contributed by atoms with van der Waals surface area (Å²) in [5, 5.41) is 14.4. The van der Waals surface area contributed by atoms with E-state index in [0.717, 1.165) is 22.0 Å². The van der Waals surface area contributed by atoms with Crippen LogP contribution in [0, 0.1) is 0 Å². The van der Waals surface area contributed by atoms with Gasteiger partial charge in [-0.05, 0) is 43.2 Å².